The van der Waals surface area contributed by atoms with E-state index in [1.165, 1.54) is 11.1 Å². The number of allylic oxidation sites excluding steroid dienone is 4. The van der Waals surface area contributed by atoms with Gasteiger partial charge in [0.1, 0.15) is 0 Å². The number of hydrogen-bond donors (Lipinski definition) is 0. The van der Waals surface area contributed by atoms with Gasteiger partial charge in [-0.25, -0.2) is 0 Å². The van der Waals surface area contributed by atoms with Crippen LogP contribution in [-0.2, 0) is 0 Å². The fraction of sp³-hybridized carbons (Fsp3) is 0.231. The summed E-state index contributed by atoms with van der Waals surface area (Å²) in [5, 5.41) is 0. The molecule has 1 aliphatic carbocycles. The van der Waals surface area contributed by atoms with Crippen molar-refractivity contribution >= 4 is 0 Å². The van der Waals surface area contributed by atoms with Crippen LogP contribution in [0.2, 0.25) is 0 Å². The average molecular weight is 170 g/mol. The third-order valence-corrected chi connectivity index (χ3v) is 2.66. The molecule has 0 N–H and O–H groups in total. The molecule has 1 aromatic rings. The Morgan fingerprint density at radius 2 is 1.92 bits per heavy atom. The van der Waals surface area contributed by atoms with Crippen LogP contribution in [0.25, 0.3) is 0 Å². The lowest BCUT2D eigenvalue weighted by molar-refractivity contribution is 0.871. The second kappa shape index (κ2) is 3.61. The van der Waals surface area contributed by atoms with Gasteiger partial charge in [0.2, 0.25) is 0 Å². The predicted octanol–water partition coefficient (Wildman–Crippen LogP) is 3.68. The van der Waals surface area contributed by atoms with Gasteiger partial charge in [0.05, 0.1) is 0 Å². The fourth-order valence-corrected chi connectivity index (χ4v) is 1.74. The largest absolute Gasteiger partial charge is 0.0804 e. The predicted molar refractivity (Wildman–Crippen MR) is 56.7 cm³/mol. The molecule has 0 radical (unpaired) electrons. The first-order valence-corrected chi connectivity index (χ1v) is 4.78. The molecule has 0 saturated carbocycles. The van der Waals surface area contributed by atoms with Crippen LogP contribution in [0, 0.1) is 0 Å². The van der Waals surface area contributed by atoms with Gasteiger partial charge in [-0.2, -0.15) is 0 Å². The molecule has 1 unspecified atom stereocenters. The van der Waals surface area contributed by atoms with Gasteiger partial charge in [-0.1, -0.05) is 61.1 Å². The normalized spacial score (nSPS) is 17.2. The summed E-state index contributed by atoms with van der Waals surface area (Å²) < 4.78 is 0. The highest BCUT2D eigenvalue weighted by Gasteiger charge is 2.10. The van der Waals surface area contributed by atoms with E-state index in [-0.39, 0.29) is 0 Å². The van der Waals surface area contributed by atoms with Crippen molar-refractivity contribution in [3.8, 4) is 0 Å². The summed E-state index contributed by atoms with van der Waals surface area (Å²) in [4.78, 5) is 0. The standard InChI is InChI=1S/C13H14/c1-11(13-9-5-6-10-13)12-7-3-2-4-8-12/h2-9,11H,10H2,1H3. The van der Waals surface area contributed by atoms with Gasteiger partial charge in [-0.3, -0.25) is 0 Å². The first-order chi connectivity index (χ1) is 6.38. The molecule has 1 aromatic carbocycles. The van der Waals surface area contributed by atoms with Gasteiger partial charge < -0.3 is 0 Å². The van der Waals surface area contributed by atoms with Gasteiger partial charge in [-0.15, -0.1) is 0 Å². The smallest absolute Gasteiger partial charge is 0.00260 e. The van der Waals surface area contributed by atoms with Crippen molar-refractivity contribution in [2.24, 2.45) is 0 Å². The summed E-state index contributed by atoms with van der Waals surface area (Å²) in [5.41, 5.74) is 2.93. The molecule has 0 nitrogen and oxygen atoms in total. The molecular weight excluding hydrogens is 156 g/mol. The zero-order valence-electron chi connectivity index (χ0n) is 7.90. The van der Waals surface area contributed by atoms with Gasteiger partial charge in [-0.05, 0) is 12.0 Å². The summed E-state index contributed by atoms with van der Waals surface area (Å²) in [7, 11) is 0. The third-order valence-electron chi connectivity index (χ3n) is 2.66. The zero-order valence-corrected chi connectivity index (χ0v) is 7.90. The highest BCUT2D eigenvalue weighted by molar-refractivity contribution is 5.34. The Labute approximate surface area is 79.6 Å². The van der Waals surface area contributed by atoms with Crippen molar-refractivity contribution in [3.05, 3.63) is 59.7 Å². The van der Waals surface area contributed by atoms with Crippen molar-refractivity contribution < 1.29 is 0 Å². The van der Waals surface area contributed by atoms with E-state index in [2.05, 4.69) is 55.5 Å². The molecule has 1 atom stereocenters. The second-order valence-electron chi connectivity index (χ2n) is 3.51. The van der Waals surface area contributed by atoms with Crippen LogP contribution < -0.4 is 0 Å². The van der Waals surface area contributed by atoms with E-state index in [4.69, 9.17) is 0 Å². The molecular formula is C13H14. The minimum atomic E-state index is 0.566. The summed E-state index contributed by atoms with van der Waals surface area (Å²) in [6, 6.07) is 10.7. The first-order valence-electron chi connectivity index (χ1n) is 4.78. The van der Waals surface area contributed by atoms with Crippen molar-refractivity contribution in [2.45, 2.75) is 19.3 Å². The minimum absolute atomic E-state index is 0.566. The molecule has 0 fully saturated rings. The SMILES string of the molecule is CC(C1=CC=CC1)c1ccccc1. The van der Waals surface area contributed by atoms with E-state index in [1.54, 1.807) is 0 Å². The molecule has 66 valence electrons. The highest BCUT2D eigenvalue weighted by Crippen LogP contribution is 2.28. The first kappa shape index (κ1) is 8.31. The van der Waals surface area contributed by atoms with Crippen LogP contribution in [0.5, 0.6) is 0 Å². The number of rotatable bonds is 2. The van der Waals surface area contributed by atoms with Crippen molar-refractivity contribution in [1.29, 1.82) is 0 Å². The molecule has 0 aromatic heterocycles. The number of hydrogen-bond acceptors (Lipinski definition) is 0. The van der Waals surface area contributed by atoms with Gasteiger partial charge >= 0.3 is 0 Å². The maximum atomic E-state index is 2.27. The van der Waals surface area contributed by atoms with Gasteiger partial charge in [0.25, 0.3) is 0 Å². The summed E-state index contributed by atoms with van der Waals surface area (Å²) in [6.07, 6.45) is 7.72. The Morgan fingerprint density at radius 3 is 2.54 bits per heavy atom. The molecule has 0 aliphatic heterocycles. The van der Waals surface area contributed by atoms with Crippen LogP contribution in [-0.4, -0.2) is 0 Å². The molecule has 0 heterocycles. The minimum Gasteiger partial charge on any atom is -0.0804 e. The Kier molecular flexibility index (Phi) is 2.31. The Morgan fingerprint density at radius 1 is 1.15 bits per heavy atom. The van der Waals surface area contributed by atoms with Crippen LogP contribution in [0.4, 0.5) is 0 Å². The molecule has 1 aliphatic rings. The third kappa shape index (κ3) is 1.72. The maximum absolute atomic E-state index is 2.27. The van der Waals surface area contributed by atoms with Crippen LogP contribution in [0.15, 0.2) is 54.1 Å². The zero-order chi connectivity index (χ0) is 9.10. The molecule has 0 saturated heterocycles. The van der Waals surface area contributed by atoms with E-state index < -0.39 is 0 Å². The maximum Gasteiger partial charge on any atom is 0.00260 e. The van der Waals surface area contributed by atoms with Crippen molar-refractivity contribution in [3.63, 3.8) is 0 Å². The van der Waals surface area contributed by atoms with E-state index in [0.717, 1.165) is 6.42 Å². The average Bonchev–Trinajstić information content (AvgIpc) is 2.71. The van der Waals surface area contributed by atoms with E-state index in [1.807, 2.05) is 0 Å². The van der Waals surface area contributed by atoms with E-state index in [0.29, 0.717) is 5.92 Å². The summed E-state index contributed by atoms with van der Waals surface area (Å²) in [5.74, 6) is 0.566. The van der Waals surface area contributed by atoms with Crippen LogP contribution >= 0.6 is 0 Å². The second-order valence-corrected chi connectivity index (χ2v) is 3.51. The molecule has 13 heavy (non-hydrogen) atoms. The Hall–Kier alpha value is -1.30. The van der Waals surface area contributed by atoms with Crippen molar-refractivity contribution in [1.82, 2.24) is 0 Å². The van der Waals surface area contributed by atoms with E-state index in [9.17, 15) is 0 Å². The summed E-state index contributed by atoms with van der Waals surface area (Å²) in [6.45, 7) is 2.27. The molecule has 0 amide bonds. The van der Waals surface area contributed by atoms with Gasteiger partial charge in [0, 0.05) is 5.92 Å². The molecule has 0 bridgehead atoms. The lowest BCUT2D eigenvalue weighted by Gasteiger charge is -2.12. The molecule has 0 spiro atoms. The monoisotopic (exact) mass is 170 g/mol. The molecule has 2 rings (SSSR count). The molecule has 0 heteroatoms. The van der Waals surface area contributed by atoms with Gasteiger partial charge in [0.15, 0.2) is 0 Å². The lowest BCUT2D eigenvalue weighted by atomic mass is 9.92. The topological polar surface area (TPSA) is 0 Å². The number of benzene rings is 1. The highest BCUT2D eigenvalue weighted by atomic mass is 14.1. The lowest BCUT2D eigenvalue weighted by Crippen LogP contribution is -1.95. The van der Waals surface area contributed by atoms with E-state index >= 15 is 0 Å². The fourth-order valence-electron chi connectivity index (χ4n) is 1.74. The van der Waals surface area contributed by atoms with Crippen molar-refractivity contribution in [2.75, 3.05) is 0 Å². The quantitative estimate of drug-likeness (QED) is 0.635. The Bertz CT molecular complexity index is 330. The Balaban J connectivity index is 2.18. The van der Waals surface area contributed by atoms with Crippen LogP contribution in [0.1, 0.15) is 24.8 Å². The van der Waals surface area contributed by atoms with Crippen LogP contribution in [0.3, 0.4) is 0 Å². The summed E-state index contributed by atoms with van der Waals surface area (Å²) >= 11 is 0.